The van der Waals surface area contributed by atoms with Crippen LogP contribution in [0.25, 0.3) is 10.9 Å². The molecular formula is C63H93N15O18. The number of carboxylic acid groups (broad SMARTS) is 1. The van der Waals surface area contributed by atoms with E-state index in [1.165, 1.54) is 43.0 Å². The average Bonchev–Trinajstić information content (AvgIpc) is 1.70. The van der Waals surface area contributed by atoms with E-state index in [4.69, 9.17) is 11.5 Å². The predicted molar refractivity (Wildman–Crippen MR) is 345 cm³/mol. The van der Waals surface area contributed by atoms with Gasteiger partial charge in [-0.05, 0) is 93.0 Å². The second-order valence-corrected chi connectivity index (χ2v) is 24.9. The molecule has 0 saturated carbocycles. The summed E-state index contributed by atoms with van der Waals surface area (Å²) in [7, 11) is 0. The number of aromatic nitrogens is 1. The van der Waals surface area contributed by atoms with E-state index in [1.807, 2.05) is 0 Å². The fourth-order valence-electron chi connectivity index (χ4n) is 10.4. The molecule has 0 spiro atoms. The summed E-state index contributed by atoms with van der Waals surface area (Å²) in [6.07, 6.45) is -0.361. The molecule has 2 heterocycles. The first kappa shape index (κ1) is 78.7. The van der Waals surface area contributed by atoms with Crippen molar-refractivity contribution in [2.45, 2.75) is 173 Å². The summed E-state index contributed by atoms with van der Waals surface area (Å²) in [5.41, 5.74) is 12.8. The van der Waals surface area contributed by atoms with Crippen molar-refractivity contribution in [3.05, 3.63) is 65.9 Å². The highest BCUT2D eigenvalue weighted by Crippen LogP contribution is 2.21. The van der Waals surface area contributed by atoms with Gasteiger partial charge in [0, 0.05) is 36.5 Å². The lowest BCUT2D eigenvalue weighted by molar-refractivity contribution is -0.148. The maximum absolute atomic E-state index is 14.2. The van der Waals surface area contributed by atoms with E-state index in [2.05, 4.69) is 63.5 Å². The Bertz CT molecular complexity index is 3250. The number of nitrogens with zero attached hydrogens (tertiary/aromatic N) is 1. The standard InChI is InChI=1S/C63H93N15O18/c1-31(2)20-41(55(87)68-29-52(85)78-19-11-14-48(78)63(95)96)72-56(88)42(21-32(3)4)73-58(90)44(23-36-15-17-38(81)18-16-36)71-51(84)28-67-54(86)34(7)69-61(93)47(30-79)76-59(91)46(25-49(65)82)74-57(89)43(22-33(5)6)75-62(94)53(35(8)80)77-60(92)45(70-50(83)26-64)24-37-27-66-40-13-10-9-12-39(37)40/h9-10,12-13,15-18,27,31-35,41-48,53,66,79-81H,11,14,19-26,28-30,64H2,1-8H3,(H2,65,82)(H,67,86)(H,68,87)(H,69,93)(H,70,83)(H,71,84)(H,72,88)(H,73,90)(H,74,89)(H,75,94)(H,76,91)(H,77,92)(H,95,96)/t34-,35+,41-,42-,43-,44-,45-,46-,47-,48-,53-/m0/s1. The number of rotatable bonds is 38. The van der Waals surface area contributed by atoms with E-state index in [0.29, 0.717) is 17.5 Å². The van der Waals surface area contributed by atoms with Gasteiger partial charge in [-0.1, -0.05) is 71.9 Å². The normalized spacial score (nSPS) is 16.0. The maximum atomic E-state index is 14.2. The van der Waals surface area contributed by atoms with Crippen molar-refractivity contribution in [3.63, 3.8) is 0 Å². The number of aliphatic hydroxyl groups is 2. The van der Waals surface area contributed by atoms with Crippen LogP contribution in [0.1, 0.15) is 105 Å². The molecule has 0 radical (unpaired) electrons. The molecule has 33 nitrogen and oxygen atoms in total. The van der Waals surface area contributed by atoms with Crippen LogP contribution in [-0.4, -0.2) is 212 Å². The van der Waals surface area contributed by atoms with Crippen LogP contribution in [0.2, 0.25) is 0 Å². The number of fused-ring (bicyclic) bond motifs is 1. The SMILES string of the molecule is CC(C)C[C@H](NC(=O)[C@H](CC(C)C)NC(=O)[C@H](Cc1ccc(O)cc1)NC(=O)CNC(=O)[C@H](C)NC(=O)[C@H](CO)NC(=O)[C@H](CC(N)=O)NC(=O)[C@H](CC(C)C)NC(=O)[C@@H](NC(=O)[C@H](Cc1c[nH]c2ccccc12)NC(=O)CN)[C@@H](C)O)C(=O)NCC(=O)N1CCC[C@H]1C(=O)O. The zero-order valence-corrected chi connectivity index (χ0v) is 55.1. The number of nitrogens with one attached hydrogen (secondary N) is 12. The van der Waals surface area contributed by atoms with Gasteiger partial charge < -0.3 is 100 Å². The number of para-hydroxylation sites is 1. The highest BCUT2D eigenvalue weighted by atomic mass is 16.4. The molecule has 528 valence electrons. The molecule has 4 rings (SSSR count). The largest absolute Gasteiger partial charge is 0.508 e. The molecule has 1 aliphatic rings. The van der Waals surface area contributed by atoms with Crippen molar-refractivity contribution >= 4 is 93.7 Å². The number of carbonyl (C=O) groups excluding carboxylic acids is 13. The quantitative estimate of drug-likeness (QED) is 0.0258. The number of phenols is 1. The molecule has 11 atom stereocenters. The van der Waals surface area contributed by atoms with Crippen LogP contribution < -0.4 is 70.0 Å². The predicted octanol–water partition coefficient (Wildman–Crippen LogP) is -4.30. The number of nitrogens with two attached hydrogens (primary N) is 2. The van der Waals surface area contributed by atoms with Crippen LogP contribution >= 0.6 is 0 Å². The third kappa shape index (κ3) is 25.2. The first-order chi connectivity index (χ1) is 45.2. The molecule has 1 aliphatic heterocycles. The Kier molecular flexibility index (Phi) is 31.1. The monoisotopic (exact) mass is 1350 g/mol. The van der Waals surface area contributed by atoms with Crippen molar-refractivity contribution in [1.29, 1.82) is 0 Å². The zero-order valence-electron chi connectivity index (χ0n) is 55.1. The summed E-state index contributed by atoms with van der Waals surface area (Å²) < 4.78 is 0. The molecule has 0 aliphatic carbocycles. The Labute approximate surface area is 554 Å². The fraction of sp³-hybridized carbons (Fsp3) is 0.556. The number of phenolic OH excluding ortho intramolecular Hbond substituents is 1. The third-order valence-electron chi connectivity index (χ3n) is 15.3. The van der Waals surface area contributed by atoms with Crippen molar-refractivity contribution in [2.24, 2.45) is 29.2 Å². The first-order valence-electron chi connectivity index (χ1n) is 31.6. The lowest BCUT2D eigenvalue weighted by atomic mass is 9.99. The molecule has 1 aromatic heterocycles. The lowest BCUT2D eigenvalue weighted by Gasteiger charge is -2.28. The molecule has 1 fully saturated rings. The number of benzene rings is 2. The number of carbonyl (C=O) groups is 14. The van der Waals surface area contributed by atoms with Crippen LogP contribution in [0, 0.1) is 17.8 Å². The van der Waals surface area contributed by atoms with Crippen LogP contribution in [-0.2, 0) is 80.0 Å². The van der Waals surface area contributed by atoms with Crippen molar-refractivity contribution in [2.75, 3.05) is 32.8 Å². The minimum Gasteiger partial charge on any atom is -0.508 e. The number of aliphatic carboxylic acids is 1. The number of H-pyrrole nitrogens is 1. The average molecular weight is 1350 g/mol. The Morgan fingerprint density at radius 3 is 1.60 bits per heavy atom. The van der Waals surface area contributed by atoms with Gasteiger partial charge >= 0.3 is 5.97 Å². The van der Waals surface area contributed by atoms with Gasteiger partial charge in [0.2, 0.25) is 76.8 Å². The smallest absolute Gasteiger partial charge is 0.326 e. The van der Waals surface area contributed by atoms with E-state index < -0.39 is 182 Å². The highest BCUT2D eigenvalue weighted by molar-refractivity contribution is 6.00. The number of primary amides is 1. The molecule has 13 amide bonds. The topological polar surface area (TPSA) is 523 Å². The molecule has 0 bridgehead atoms. The third-order valence-corrected chi connectivity index (χ3v) is 15.3. The lowest BCUT2D eigenvalue weighted by Crippen LogP contribution is -2.62. The van der Waals surface area contributed by atoms with E-state index in [0.717, 1.165) is 10.9 Å². The Morgan fingerprint density at radius 1 is 0.562 bits per heavy atom. The Morgan fingerprint density at radius 2 is 1.05 bits per heavy atom. The minimum absolute atomic E-state index is 0.0391. The number of amides is 13. The van der Waals surface area contributed by atoms with E-state index >= 15 is 0 Å². The van der Waals surface area contributed by atoms with E-state index in [-0.39, 0.29) is 68.6 Å². The Hall–Kier alpha value is -9.76. The van der Waals surface area contributed by atoms with Crippen molar-refractivity contribution < 1.29 is 87.5 Å². The molecule has 3 aromatic rings. The van der Waals surface area contributed by atoms with Crippen LogP contribution in [0.3, 0.4) is 0 Å². The number of aromatic hydroxyl groups is 1. The zero-order chi connectivity index (χ0) is 71.7. The van der Waals surface area contributed by atoms with Gasteiger partial charge in [0.15, 0.2) is 0 Å². The summed E-state index contributed by atoms with van der Waals surface area (Å²) in [5.74, 6) is -14.2. The van der Waals surface area contributed by atoms with E-state index in [1.54, 1.807) is 72.0 Å². The summed E-state index contributed by atoms with van der Waals surface area (Å²) in [6.45, 7) is 10.1. The van der Waals surface area contributed by atoms with E-state index in [9.17, 15) is 87.5 Å². The first-order valence-corrected chi connectivity index (χ1v) is 31.6. The fourth-order valence-corrected chi connectivity index (χ4v) is 10.4. The molecular weight excluding hydrogens is 1250 g/mol. The van der Waals surface area contributed by atoms with Crippen LogP contribution in [0.5, 0.6) is 5.75 Å². The maximum Gasteiger partial charge on any atom is 0.326 e. The highest BCUT2D eigenvalue weighted by Gasteiger charge is 2.38. The number of aromatic amines is 1. The number of hydrogen-bond acceptors (Lipinski definition) is 18. The summed E-state index contributed by atoms with van der Waals surface area (Å²) in [4.78, 5) is 191. The van der Waals surface area contributed by atoms with Gasteiger partial charge in [0.25, 0.3) is 0 Å². The van der Waals surface area contributed by atoms with Crippen LogP contribution in [0.15, 0.2) is 54.7 Å². The van der Waals surface area contributed by atoms with Gasteiger partial charge in [-0.15, -0.1) is 0 Å². The summed E-state index contributed by atoms with van der Waals surface area (Å²) in [5, 5.41) is 68.1. The van der Waals surface area contributed by atoms with Crippen molar-refractivity contribution in [1.82, 2.24) is 68.4 Å². The Balaban J connectivity index is 1.41. The number of aliphatic hydroxyl groups excluding tert-OH is 2. The van der Waals surface area contributed by atoms with Gasteiger partial charge in [0.05, 0.1) is 38.8 Å². The van der Waals surface area contributed by atoms with Crippen LogP contribution in [0.4, 0.5) is 0 Å². The molecule has 33 heteroatoms. The summed E-state index contributed by atoms with van der Waals surface area (Å²) in [6, 6.07) is -1.95. The molecule has 1 saturated heterocycles. The van der Waals surface area contributed by atoms with Gasteiger partial charge in [-0.2, -0.15) is 0 Å². The van der Waals surface area contributed by atoms with Crippen molar-refractivity contribution in [3.8, 4) is 5.75 Å². The minimum atomic E-state index is -1.86. The van der Waals surface area contributed by atoms with Gasteiger partial charge in [-0.3, -0.25) is 62.3 Å². The molecule has 20 N–H and O–H groups in total. The second kappa shape index (κ2) is 38.0. The number of carboxylic acids is 1. The van der Waals surface area contributed by atoms with Gasteiger partial charge in [0.1, 0.15) is 66.2 Å². The summed E-state index contributed by atoms with van der Waals surface area (Å²) >= 11 is 0. The molecule has 2 aromatic carbocycles. The molecule has 96 heavy (non-hydrogen) atoms. The number of likely N-dealkylation sites (tertiary alicyclic amines) is 1. The van der Waals surface area contributed by atoms with Gasteiger partial charge in [-0.25, -0.2) is 4.79 Å². The number of hydrogen-bond donors (Lipinski definition) is 18. The second-order valence-electron chi connectivity index (χ2n) is 24.9. The molecule has 0 unspecified atom stereocenters.